The molecule has 2 radical (unpaired) electrons. The minimum absolute atomic E-state index is 0.714. The van der Waals surface area contributed by atoms with Crippen LogP contribution in [-0.2, 0) is 0 Å². The lowest BCUT2D eigenvalue weighted by molar-refractivity contribution is 0.456. The van der Waals surface area contributed by atoms with E-state index in [1.54, 1.807) is 17.1 Å². The molecule has 0 aromatic carbocycles. The molecule has 0 spiro atoms. The Bertz CT molecular complexity index is 66.5. The Labute approximate surface area is 51.3 Å². The maximum absolute atomic E-state index is 5.39. The molecule has 0 fully saturated rings. The first-order chi connectivity index (χ1) is 3.81. The predicted molar refractivity (Wildman–Crippen MR) is 36.3 cm³/mol. The summed E-state index contributed by atoms with van der Waals surface area (Å²) < 4.78 is 0. The van der Waals surface area contributed by atoms with Gasteiger partial charge in [-0.05, 0) is 0 Å². The van der Waals surface area contributed by atoms with Gasteiger partial charge in [-0.2, -0.15) is 0 Å². The third-order valence-corrected chi connectivity index (χ3v) is 0.727. The van der Waals surface area contributed by atoms with Gasteiger partial charge in [0, 0.05) is 20.1 Å². The summed E-state index contributed by atoms with van der Waals surface area (Å²) in [6.07, 6.45) is 3.51. The van der Waals surface area contributed by atoms with E-state index in [4.69, 9.17) is 7.05 Å². The number of nitrogens with zero attached hydrogens (tertiary/aromatic N) is 1. The van der Waals surface area contributed by atoms with Gasteiger partial charge in [-0.15, -0.1) is 13.2 Å². The van der Waals surface area contributed by atoms with Gasteiger partial charge in [0.05, 0.1) is 0 Å². The van der Waals surface area contributed by atoms with Gasteiger partial charge in [-0.1, -0.05) is 12.2 Å². The molecule has 1 heteroatoms. The highest BCUT2D eigenvalue weighted by atomic mass is 15.1. The van der Waals surface area contributed by atoms with Crippen LogP contribution >= 0.6 is 0 Å². The minimum atomic E-state index is 0.714. The van der Waals surface area contributed by atoms with Crippen molar-refractivity contribution >= 4 is 0 Å². The zero-order valence-corrected chi connectivity index (χ0v) is 5.01. The van der Waals surface area contributed by atoms with Gasteiger partial charge in [-0.3, -0.25) is 4.90 Å². The van der Waals surface area contributed by atoms with Crippen LogP contribution in [0.25, 0.3) is 0 Å². The predicted octanol–water partition coefficient (Wildman–Crippen LogP) is 1.33. The van der Waals surface area contributed by atoms with Gasteiger partial charge in [0.1, 0.15) is 0 Å². The van der Waals surface area contributed by atoms with E-state index in [1.165, 1.54) is 0 Å². The van der Waals surface area contributed by atoms with Crippen LogP contribution in [0.5, 0.6) is 0 Å². The molecule has 0 N–H and O–H groups in total. The van der Waals surface area contributed by atoms with Crippen molar-refractivity contribution in [2.75, 3.05) is 13.1 Å². The molecule has 0 saturated carbocycles. The van der Waals surface area contributed by atoms with Crippen molar-refractivity contribution in [3.63, 3.8) is 0 Å². The molecule has 8 heavy (non-hydrogen) atoms. The van der Waals surface area contributed by atoms with Gasteiger partial charge >= 0.3 is 0 Å². The summed E-state index contributed by atoms with van der Waals surface area (Å²) in [4.78, 5) is 1.62. The van der Waals surface area contributed by atoms with Crippen molar-refractivity contribution < 1.29 is 0 Å². The lowest BCUT2D eigenvalue weighted by atomic mass is 10.5. The lowest BCUT2D eigenvalue weighted by Gasteiger charge is -2.08. The van der Waals surface area contributed by atoms with E-state index in [9.17, 15) is 0 Å². The highest BCUT2D eigenvalue weighted by molar-refractivity contribution is 4.78. The molecular formula is C7H11N. The summed E-state index contributed by atoms with van der Waals surface area (Å²) in [7, 11) is 5.39. The molecule has 0 saturated heterocycles. The third-order valence-electron chi connectivity index (χ3n) is 0.727. The van der Waals surface area contributed by atoms with E-state index in [1.807, 2.05) is 0 Å². The van der Waals surface area contributed by atoms with E-state index in [0.29, 0.717) is 13.1 Å². The molecule has 0 heterocycles. The molecule has 0 rings (SSSR count). The average molecular weight is 109 g/mol. The summed E-state index contributed by atoms with van der Waals surface area (Å²) in [6.45, 7) is 8.48. The Morgan fingerprint density at radius 1 is 1.25 bits per heavy atom. The monoisotopic (exact) mass is 109 g/mol. The Balaban J connectivity index is 3.16. The molecule has 0 bridgehead atoms. The van der Waals surface area contributed by atoms with E-state index < -0.39 is 0 Å². The van der Waals surface area contributed by atoms with E-state index in [-0.39, 0.29) is 0 Å². The number of hydrogen-bond donors (Lipinski definition) is 0. The second kappa shape index (κ2) is 4.60. The third kappa shape index (κ3) is 3.62. The zero-order chi connectivity index (χ0) is 6.41. The summed E-state index contributed by atoms with van der Waals surface area (Å²) in [5, 5.41) is 0. The van der Waals surface area contributed by atoms with Crippen LogP contribution in [0, 0.1) is 7.05 Å². The second-order valence-electron chi connectivity index (χ2n) is 1.53. The zero-order valence-electron chi connectivity index (χ0n) is 5.01. The first-order valence-corrected chi connectivity index (χ1v) is 2.52. The molecule has 0 aromatic rings. The van der Waals surface area contributed by atoms with Crippen LogP contribution in [-0.4, -0.2) is 18.0 Å². The number of hydrogen-bond acceptors (Lipinski definition) is 1. The smallest absolute Gasteiger partial charge is 0.0445 e. The topological polar surface area (TPSA) is 3.24 Å². The standard InChI is InChI=1S/C7H11N/c1-4-6-8(3)7-5-2/h3-5H,1-2,6-7H2. The fourth-order valence-electron chi connectivity index (χ4n) is 0.406. The first kappa shape index (κ1) is 7.44. The largest absolute Gasteiger partial charge is 0.290 e. The molecule has 0 unspecified atom stereocenters. The molecule has 0 aliphatic heterocycles. The lowest BCUT2D eigenvalue weighted by Crippen LogP contribution is -2.14. The molecule has 0 aromatic heterocycles. The molecule has 0 amide bonds. The SMILES string of the molecule is [CH]N(CC=C)CC=C. The Kier molecular flexibility index (Phi) is 4.27. The van der Waals surface area contributed by atoms with Crippen molar-refractivity contribution in [1.82, 2.24) is 4.90 Å². The van der Waals surface area contributed by atoms with Crippen LogP contribution in [0.1, 0.15) is 0 Å². The van der Waals surface area contributed by atoms with Crippen molar-refractivity contribution in [1.29, 1.82) is 0 Å². The van der Waals surface area contributed by atoms with Gasteiger partial charge in [0.2, 0.25) is 0 Å². The fourth-order valence-corrected chi connectivity index (χ4v) is 0.406. The average Bonchev–Trinajstić information content (AvgIpc) is 1.68. The molecule has 0 atom stereocenters. The maximum Gasteiger partial charge on any atom is 0.0445 e. The highest BCUT2D eigenvalue weighted by Gasteiger charge is 1.86. The summed E-state index contributed by atoms with van der Waals surface area (Å²) >= 11 is 0. The highest BCUT2D eigenvalue weighted by Crippen LogP contribution is 1.82. The summed E-state index contributed by atoms with van der Waals surface area (Å²) in [5.74, 6) is 0. The quantitative estimate of drug-likeness (QED) is 0.389. The molecule has 44 valence electrons. The van der Waals surface area contributed by atoms with Crippen LogP contribution in [0.4, 0.5) is 0 Å². The number of rotatable bonds is 4. The van der Waals surface area contributed by atoms with Crippen molar-refractivity contribution in [2.45, 2.75) is 0 Å². The van der Waals surface area contributed by atoms with Gasteiger partial charge < -0.3 is 0 Å². The first-order valence-electron chi connectivity index (χ1n) is 2.52. The second-order valence-corrected chi connectivity index (χ2v) is 1.53. The van der Waals surface area contributed by atoms with Gasteiger partial charge in [0.15, 0.2) is 0 Å². The van der Waals surface area contributed by atoms with Gasteiger partial charge in [0.25, 0.3) is 0 Å². The Hall–Kier alpha value is -0.560. The maximum atomic E-state index is 5.39. The molecule has 1 nitrogen and oxygen atoms in total. The van der Waals surface area contributed by atoms with Crippen molar-refractivity contribution in [3.8, 4) is 0 Å². The minimum Gasteiger partial charge on any atom is -0.290 e. The van der Waals surface area contributed by atoms with Crippen molar-refractivity contribution in [3.05, 3.63) is 32.4 Å². The van der Waals surface area contributed by atoms with E-state index in [2.05, 4.69) is 13.2 Å². The van der Waals surface area contributed by atoms with Crippen LogP contribution < -0.4 is 0 Å². The Morgan fingerprint density at radius 3 is 1.88 bits per heavy atom. The normalized spacial score (nSPS) is 9.25. The molecule has 0 aliphatic rings. The Morgan fingerprint density at radius 2 is 1.62 bits per heavy atom. The van der Waals surface area contributed by atoms with E-state index >= 15 is 0 Å². The summed E-state index contributed by atoms with van der Waals surface area (Å²) in [5.41, 5.74) is 0. The van der Waals surface area contributed by atoms with E-state index in [0.717, 1.165) is 0 Å². The van der Waals surface area contributed by atoms with Crippen LogP contribution in [0.15, 0.2) is 25.3 Å². The summed E-state index contributed by atoms with van der Waals surface area (Å²) in [6, 6.07) is 0. The fraction of sp³-hybridized carbons (Fsp3) is 0.286. The van der Waals surface area contributed by atoms with Crippen molar-refractivity contribution in [2.24, 2.45) is 0 Å². The molecule has 0 aliphatic carbocycles. The van der Waals surface area contributed by atoms with Crippen LogP contribution in [0.2, 0.25) is 0 Å². The van der Waals surface area contributed by atoms with Gasteiger partial charge in [-0.25, -0.2) is 0 Å². The van der Waals surface area contributed by atoms with Crippen LogP contribution in [0.3, 0.4) is 0 Å². The molecular weight excluding hydrogens is 98.1 g/mol.